The Kier molecular flexibility index (Phi) is 5.26. The van der Waals surface area contributed by atoms with Crippen molar-refractivity contribution in [3.05, 3.63) is 46.8 Å². The van der Waals surface area contributed by atoms with E-state index in [-0.39, 0.29) is 10.8 Å². The van der Waals surface area contributed by atoms with Crippen molar-refractivity contribution in [1.29, 1.82) is 0 Å². The fraction of sp³-hybridized carbons (Fsp3) is 0.677. The zero-order chi connectivity index (χ0) is 25.5. The number of aromatic carboxylic acids is 2. The van der Waals surface area contributed by atoms with E-state index in [9.17, 15) is 14.7 Å². The highest BCUT2D eigenvalue weighted by molar-refractivity contribution is 5.89. The van der Waals surface area contributed by atoms with E-state index < -0.39 is 11.9 Å². The molecule has 8 bridgehead atoms. The number of carbonyl (C=O) groups is 2. The van der Waals surface area contributed by atoms with Crippen LogP contribution in [0.15, 0.2) is 27.2 Å². The van der Waals surface area contributed by atoms with Gasteiger partial charge in [-0.3, -0.25) is 0 Å². The van der Waals surface area contributed by atoms with Crippen LogP contribution in [0.1, 0.15) is 115 Å². The van der Waals surface area contributed by atoms with Crippen molar-refractivity contribution in [2.24, 2.45) is 35.5 Å². The molecule has 2 N–H and O–H groups in total. The second-order valence-electron chi connectivity index (χ2n) is 13.8. The Bertz CT molecular complexity index is 1160. The molecule has 0 radical (unpaired) electrons. The molecule has 0 atom stereocenters. The second kappa shape index (κ2) is 8.25. The van der Waals surface area contributed by atoms with Crippen molar-refractivity contribution in [2.75, 3.05) is 0 Å². The van der Waals surface area contributed by atoms with Crippen molar-refractivity contribution in [2.45, 2.75) is 94.8 Å². The molecule has 8 fully saturated rings. The van der Waals surface area contributed by atoms with Gasteiger partial charge in [-0.1, -0.05) is 0 Å². The Morgan fingerprint density at radius 3 is 1.49 bits per heavy atom. The van der Waals surface area contributed by atoms with Crippen LogP contribution in [0.4, 0.5) is 0 Å². The van der Waals surface area contributed by atoms with Crippen LogP contribution in [0.3, 0.4) is 0 Å². The first kappa shape index (κ1) is 23.6. The van der Waals surface area contributed by atoms with Gasteiger partial charge in [0.15, 0.2) is 0 Å². The molecule has 8 aliphatic rings. The summed E-state index contributed by atoms with van der Waals surface area (Å²) in [6.45, 7) is 1.77. The molecule has 2 aromatic rings. The van der Waals surface area contributed by atoms with Gasteiger partial charge in [0.2, 0.25) is 0 Å². The molecule has 6 heteroatoms. The summed E-state index contributed by atoms with van der Waals surface area (Å²) in [6, 6.07) is 3.58. The number of hydrogen-bond acceptors (Lipinski definition) is 4. The number of hydrogen-bond donors (Lipinski definition) is 2. The molecule has 8 saturated carbocycles. The van der Waals surface area contributed by atoms with Crippen LogP contribution in [0, 0.1) is 42.4 Å². The topological polar surface area (TPSA) is 101 Å². The molecule has 8 aliphatic carbocycles. The van der Waals surface area contributed by atoms with Gasteiger partial charge in [0.25, 0.3) is 0 Å². The summed E-state index contributed by atoms with van der Waals surface area (Å²) in [6.07, 6.45) is 17.1. The molecule has 2 aromatic heterocycles. The summed E-state index contributed by atoms with van der Waals surface area (Å²) in [5.74, 6) is 5.85. The monoisotopic (exact) mass is 506 g/mol. The Morgan fingerprint density at radius 2 is 1.14 bits per heavy atom. The van der Waals surface area contributed by atoms with Gasteiger partial charge in [0.05, 0.1) is 5.56 Å². The second-order valence-corrected chi connectivity index (χ2v) is 13.8. The van der Waals surface area contributed by atoms with Gasteiger partial charge >= 0.3 is 11.9 Å². The highest BCUT2D eigenvalue weighted by Gasteiger charge is 2.54. The van der Waals surface area contributed by atoms with Crippen LogP contribution >= 0.6 is 0 Å². The maximum absolute atomic E-state index is 11.2. The molecule has 0 spiro atoms. The average molecular weight is 507 g/mol. The van der Waals surface area contributed by atoms with E-state index in [1.165, 1.54) is 83.3 Å². The summed E-state index contributed by atoms with van der Waals surface area (Å²) in [5, 5.41) is 18.2. The van der Waals surface area contributed by atoms with Gasteiger partial charge in [-0.2, -0.15) is 0 Å². The van der Waals surface area contributed by atoms with E-state index >= 15 is 0 Å². The Morgan fingerprint density at radius 1 is 0.703 bits per heavy atom. The highest BCUT2D eigenvalue weighted by Crippen LogP contribution is 2.62. The van der Waals surface area contributed by atoms with E-state index in [1.807, 2.05) is 6.07 Å². The quantitative estimate of drug-likeness (QED) is 0.455. The third-order valence-corrected chi connectivity index (χ3v) is 11.1. The van der Waals surface area contributed by atoms with Crippen LogP contribution in [-0.4, -0.2) is 22.2 Å². The van der Waals surface area contributed by atoms with Crippen molar-refractivity contribution in [3.63, 3.8) is 0 Å². The van der Waals surface area contributed by atoms with E-state index in [0.717, 1.165) is 47.0 Å². The zero-order valence-electron chi connectivity index (χ0n) is 21.7. The van der Waals surface area contributed by atoms with E-state index in [1.54, 1.807) is 13.0 Å². The maximum Gasteiger partial charge on any atom is 0.339 e. The molecule has 0 aliphatic heterocycles. The number of carboxylic acid groups (broad SMARTS) is 2. The lowest BCUT2D eigenvalue weighted by Crippen LogP contribution is -2.48. The molecule has 0 unspecified atom stereocenters. The molecule has 37 heavy (non-hydrogen) atoms. The molecule has 6 nitrogen and oxygen atoms in total. The smallest absolute Gasteiger partial charge is 0.339 e. The molecule has 0 aromatic carbocycles. The van der Waals surface area contributed by atoms with Gasteiger partial charge in [0.1, 0.15) is 29.1 Å². The van der Waals surface area contributed by atoms with Crippen molar-refractivity contribution >= 4 is 11.9 Å². The lowest BCUT2D eigenvalue weighted by Gasteiger charge is -2.55. The van der Waals surface area contributed by atoms with Crippen LogP contribution in [0.5, 0.6) is 0 Å². The summed E-state index contributed by atoms with van der Waals surface area (Å²) < 4.78 is 11.5. The standard InChI is InChI=1S/C16H20O3.C15H18O3/c1-9-13(15(17)18)5-14(19-9)16-6-10-2-11(7-16)4-12(3-10)8-16;16-14(17)12-4-13(18-8-12)15-5-9-1-10(6-15)3-11(2-9)7-15/h5,10-12H,2-4,6-8H2,1H3,(H,17,18);4,8-11H,1-3,5-7H2,(H,16,17). The average Bonchev–Trinajstić information content (AvgIpc) is 3.46. The van der Waals surface area contributed by atoms with Crippen molar-refractivity contribution in [1.82, 2.24) is 0 Å². The number of carboxylic acids is 2. The van der Waals surface area contributed by atoms with Gasteiger partial charge < -0.3 is 19.0 Å². The third kappa shape index (κ3) is 3.88. The molecular weight excluding hydrogens is 468 g/mol. The lowest BCUT2D eigenvalue weighted by molar-refractivity contribution is -0.0154. The van der Waals surface area contributed by atoms with E-state index in [2.05, 4.69) is 0 Å². The maximum atomic E-state index is 11.2. The molecule has 198 valence electrons. The predicted molar refractivity (Wildman–Crippen MR) is 136 cm³/mol. The normalized spacial score (nSPS) is 40.5. The molecule has 2 heterocycles. The molecule has 0 amide bonds. The molecule has 10 rings (SSSR count). The Hall–Kier alpha value is -2.50. The van der Waals surface area contributed by atoms with E-state index in [4.69, 9.17) is 13.9 Å². The summed E-state index contributed by atoms with van der Waals surface area (Å²) in [4.78, 5) is 22.2. The summed E-state index contributed by atoms with van der Waals surface area (Å²) in [7, 11) is 0. The number of aryl methyl sites for hydroxylation is 1. The van der Waals surface area contributed by atoms with Crippen LogP contribution in [-0.2, 0) is 10.8 Å². The molecule has 0 saturated heterocycles. The fourth-order valence-electron chi connectivity index (χ4n) is 10.5. The van der Waals surface area contributed by atoms with Gasteiger partial charge in [-0.25, -0.2) is 9.59 Å². The SMILES string of the molecule is Cc1oc(C23CC4CC(CC(C4)C2)C3)cc1C(=O)O.O=C(O)c1coc(C23CC4CC(CC(C4)C2)C3)c1. The Balaban J connectivity index is 0.000000125. The first-order valence-electron chi connectivity index (χ1n) is 14.4. The fourth-order valence-corrected chi connectivity index (χ4v) is 10.5. The minimum Gasteiger partial charge on any atom is -0.478 e. The number of furan rings is 2. The van der Waals surface area contributed by atoms with Crippen molar-refractivity contribution < 1.29 is 28.6 Å². The van der Waals surface area contributed by atoms with E-state index in [0.29, 0.717) is 16.9 Å². The van der Waals surface area contributed by atoms with Gasteiger partial charge in [0, 0.05) is 10.8 Å². The summed E-state index contributed by atoms with van der Waals surface area (Å²) >= 11 is 0. The van der Waals surface area contributed by atoms with Crippen molar-refractivity contribution in [3.8, 4) is 0 Å². The Labute approximate surface area is 217 Å². The first-order chi connectivity index (χ1) is 17.7. The minimum atomic E-state index is -0.880. The zero-order valence-corrected chi connectivity index (χ0v) is 21.7. The first-order valence-corrected chi connectivity index (χ1v) is 14.4. The number of rotatable bonds is 4. The summed E-state index contributed by atoms with van der Waals surface area (Å²) in [5.41, 5.74) is 0.988. The van der Waals surface area contributed by atoms with Gasteiger partial charge in [-0.15, -0.1) is 0 Å². The minimum absolute atomic E-state index is 0.160. The molecular formula is C31H38O6. The predicted octanol–water partition coefficient (Wildman–Crippen LogP) is 7.20. The third-order valence-electron chi connectivity index (χ3n) is 11.1. The van der Waals surface area contributed by atoms with Crippen LogP contribution in [0.25, 0.3) is 0 Å². The van der Waals surface area contributed by atoms with Gasteiger partial charge in [-0.05, 0) is 132 Å². The lowest BCUT2D eigenvalue weighted by atomic mass is 9.49. The van der Waals surface area contributed by atoms with Crippen LogP contribution in [0.2, 0.25) is 0 Å². The van der Waals surface area contributed by atoms with Crippen LogP contribution < -0.4 is 0 Å². The highest BCUT2D eigenvalue weighted by atomic mass is 16.4. The largest absolute Gasteiger partial charge is 0.478 e.